The van der Waals surface area contributed by atoms with Gasteiger partial charge in [0.2, 0.25) is 0 Å². The van der Waals surface area contributed by atoms with Gasteiger partial charge < -0.3 is 0 Å². The van der Waals surface area contributed by atoms with Gasteiger partial charge in [0.25, 0.3) is 0 Å². The van der Waals surface area contributed by atoms with Crippen LogP contribution in [0.2, 0.25) is 0 Å². The van der Waals surface area contributed by atoms with Gasteiger partial charge in [-0.2, -0.15) is 53.3 Å². The van der Waals surface area contributed by atoms with E-state index in [1.165, 1.54) is 10.8 Å². The van der Waals surface area contributed by atoms with Crippen LogP contribution in [-0.4, -0.2) is 15.4 Å². The number of nitrogens with zero attached hydrogens (tertiary/aromatic N) is 3. The van der Waals surface area contributed by atoms with Crippen molar-refractivity contribution in [2.24, 2.45) is 0 Å². The molecule has 0 fully saturated rings. The first-order valence-electron chi connectivity index (χ1n) is 6.78. The summed E-state index contributed by atoms with van der Waals surface area (Å²) in [6.07, 6.45) is -9.89. The number of aromatic amines is 1. The summed E-state index contributed by atoms with van der Waals surface area (Å²) < 4.78 is 78.2. The van der Waals surface area contributed by atoms with Crippen LogP contribution >= 0.6 is 11.3 Å². The lowest BCUT2D eigenvalue weighted by Gasteiger charge is -2.14. The summed E-state index contributed by atoms with van der Waals surface area (Å²) in [6.45, 7) is 0. The van der Waals surface area contributed by atoms with Crippen molar-refractivity contribution in [3.05, 3.63) is 45.8 Å². The molecule has 0 unspecified atom stereocenters. The molecule has 0 amide bonds. The third-order valence-corrected chi connectivity index (χ3v) is 4.21. The standard InChI is InChI=1S/C15H6F6N4S/c16-14(17,18)8-1-7(2-9(3-8)15(19,20)21)10-5-26-6-11(10)13-12(4-22)23-25-24-13/h1-3,5-6H,(H,23,24,25). The maximum absolute atomic E-state index is 13.0. The van der Waals surface area contributed by atoms with Crippen molar-refractivity contribution >= 4 is 11.3 Å². The summed E-state index contributed by atoms with van der Waals surface area (Å²) in [5.41, 5.74) is -2.87. The second-order valence-electron chi connectivity index (χ2n) is 5.13. The van der Waals surface area contributed by atoms with Gasteiger partial charge in [-0.3, -0.25) is 0 Å². The zero-order chi connectivity index (χ0) is 19.1. The number of aromatic nitrogens is 3. The van der Waals surface area contributed by atoms with Crippen LogP contribution in [0.15, 0.2) is 29.0 Å². The Morgan fingerprint density at radius 3 is 2.00 bits per heavy atom. The molecule has 11 heteroatoms. The lowest BCUT2D eigenvalue weighted by atomic mass is 9.97. The first-order chi connectivity index (χ1) is 12.1. The Morgan fingerprint density at radius 1 is 0.885 bits per heavy atom. The highest BCUT2D eigenvalue weighted by molar-refractivity contribution is 7.08. The minimum atomic E-state index is -4.95. The van der Waals surface area contributed by atoms with Crippen LogP contribution in [0.4, 0.5) is 26.3 Å². The number of hydrogen-bond acceptors (Lipinski definition) is 4. The fraction of sp³-hybridized carbons (Fsp3) is 0.133. The predicted molar refractivity (Wildman–Crippen MR) is 79.9 cm³/mol. The van der Waals surface area contributed by atoms with Crippen molar-refractivity contribution in [2.75, 3.05) is 0 Å². The molecular weight excluding hydrogens is 382 g/mol. The van der Waals surface area contributed by atoms with E-state index < -0.39 is 23.5 Å². The minimum Gasteiger partial charge on any atom is -0.196 e. The summed E-state index contributed by atoms with van der Waals surface area (Å²) in [5.74, 6) is 0. The average Bonchev–Trinajstić information content (AvgIpc) is 3.21. The van der Waals surface area contributed by atoms with Crippen LogP contribution < -0.4 is 0 Å². The number of hydrogen-bond donors (Lipinski definition) is 1. The quantitative estimate of drug-likeness (QED) is 0.621. The van der Waals surface area contributed by atoms with Crippen molar-refractivity contribution < 1.29 is 26.3 Å². The molecule has 2 aromatic heterocycles. The number of thiophene rings is 1. The first kappa shape index (κ1) is 17.9. The fourth-order valence-corrected chi connectivity index (χ4v) is 3.15. The fourth-order valence-electron chi connectivity index (χ4n) is 2.31. The number of rotatable bonds is 2. The number of nitriles is 1. The Labute approximate surface area is 145 Å². The van der Waals surface area contributed by atoms with Gasteiger partial charge in [0.05, 0.1) is 11.1 Å². The van der Waals surface area contributed by atoms with E-state index in [0.29, 0.717) is 12.1 Å². The second-order valence-corrected chi connectivity index (χ2v) is 5.87. The largest absolute Gasteiger partial charge is 0.416 e. The lowest BCUT2D eigenvalue weighted by Crippen LogP contribution is -2.11. The normalized spacial score (nSPS) is 12.2. The van der Waals surface area contributed by atoms with Gasteiger partial charge >= 0.3 is 12.4 Å². The van der Waals surface area contributed by atoms with E-state index in [-0.39, 0.29) is 34.1 Å². The Morgan fingerprint density at radius 2 is 1.46 bits per heavy atom. The van der Waals surface area contributed by atoms with E-state index in [2.05, 4.69) is 15.4 Å². The molecule has 0 aliphatic carbocycles. The smallest absolute Gasteiger partial charge is 0.196 e. The number of alkyl halides is 6. The molecule has 4 nitrogen and oxygen atoms in total. The molecule has 0 aliphatic heterocycles. The van der Waals surface area contributed by atoms with Crippen molar-refractivity contribution in [3.63, 3.8) is 0 Å². The molecule has 26 heavy (non-hydrogen) atoms. The van der Waals surface area contributed by atoms with Crippen molar-refractivity contribution in [3.8, 4) is 28.5 Å². The summed E-state index contributed by atoms with van der Waals surface area (Å²) in [5, 5.41) is 21.4. The lowest BCUT2D eigenvalue weighted by molar-refractivity contribution is -0.143. The van der Waals surface area contributed by atoms with E-state index in [0.717, 1.165) is 11.3 Å². The zero-order valence-corrected chi connectivity index (χ0v) is 13.2. The van der Waals surface area contributed by atoms with Gasteiger partial charge in [-0.1, -0.05) is 0 Å². The molecular formula is C15H6F6N4S. The highest BCUT2D eigenvalue weighted by Gasteiger charge is 2.37. The summed E-state index contributed by atoms with van der Waals surface area (Å²) in [6, 6.07) is 3.08. The van der Waals surface area contributed by atoms with Gasteiger partial charge in [0.1, 0.15) is 11.8 Å². The second kappa shape index (κ2) is 6.14. The number of benzene rings is 1. The third-order valence-electron chi connectivity index (χ3n) is 3.47. The number of H-pyrrole nitrogens is 1. The zero-order valence-electron chi connectivity index (χ0n) is 12.4. The van der Waals surface area contributed by atoms with Gasteiger partial charge in [-0.25, -0.2) is 0 Å². The van der Waals surface area contributed by atoms with Crippen LogP contribution in [0.25, 0.3) is 22.4 Å². The summed E-state index contributed by atoms with van der Waals surface area (Å²) >= 11 is 1.05. The maximum Gasteiger partial charge on any atom is 0.416 e. The molecule has 3 rings (SSSR count). The number of nitrogens with one attached hydrogen (secondary N) is 1. The highest BCUT2D eigenvalue weighted by Crippen LogP contribution is 2.41. The molecule has 134 valence electrons. The Hall–Kier alpha value is -2.87. The third kappa shape index (κ3) is 3.28. The van der Waals surface area contributed by atoms with Crippen LogP contribution in [-0.2, 0) is 12.4 Å². The van der Waals surface area contributed by atoms with Crippen LogP contribution in [0.3, 0.4) is 0 Å². The van der Waals surface area contributed by atoms with Crippen molar-refractivity contribution in [1.82, 2.24) is 15.4 Å². The molecule has 3 aromatic rings. The van der Waals surface area contributed by atoms with E-state index in [1.54, 1.807) is 6.07 Å². The van der Waals surface area contributed by atoms with Crippen LogP contribution in [0.1, 0.15) is 16.8 Å². The van der Waals surface area contributed by atoms with Gasteiger partial charge in [-0.15, -0.1) is 5.10 Å². The Bertz CT molecular complexity index is 960. The number of halogens is 6. The molecule has 2 heterocycles. The molecule has 0 aliphatic rings. The molecule has 1 N–H and O–H groups in total. The molecule has 0 saturated carbocycles. The molecule has 0 atom stereocenters. The van der Waals surface area contributed by atoms with Gasteiger partial charge in [0.15, 0.2) is 5.69 Å². The summed E-state index contributed by atoms with van der Waals surface area (Å²) in [4.78, 5) is 0. The molecule has 0 saturated heterocycles. The van der Waals surface area contributed by atoms with E-state index >= 15 is 0 Å². The Kier molecular flexibility index (Phi) is 4.23. The van der Waals surface area contributed by atoms with Gasteiger partial charge in [-0.05, 0) is 29.1 Å². The SMILES string of the molecule is N#Cc1n[nH]nc1-c1cscc1-c1cc(C(F)(F)F)cc(C(F)(F)F)c1. The maximum atomic E-state index is 13.0. The first-order valence-corrected chi connectivity index (χ1v) is 7.73. The topological polar surface area (TPSA) is 65.4 Å². The van der Waals surface area contributed by atoms with Crippen LogP contribution in [0.5, 0.6) is 0 Å². The molecule has 1 aromatic carbocycles. The molecule has 0 radical (unpaired) electrons. The summed E-state index contributed by atoms with van der Waals surface area (Å²) in [7, 11) is 0. The monoisotopic (exact) mass is 388 g/mol. The minimum absolute atomic E-state index is 0.0507. The van der Waals surface area contributed by atoms with Crippen molar-refractivity contribution in [2.45, 2.75) is 12.4 Å². The molecule has 0 spiro atoms. The molecule has 0 bridgehead atoms. The highest BCUT2D eigenvalue weighted by atomic mass is 32.1. The van der Waals surface area contributed by atoms with Crippen LogP contribution in [0, 0.1) is 11.3 Å². The van der Waals surface area contributed by atoms with E-state index in [4.69, 9.17) is 5.26 Å². The van der Waals surface area contributed by atoms with E-state index in [1.807, 2.05) is 0 Å². The average molecular weight is 388 g/mol. The predicted octanol–water partition coefficient (Wildman–Crippen LogP) is 5.11. The Balaban J connectivity index is 2.23. The van der Waals surface area contributed by atoms with Crippen molar-refractivity contribution in [1.29, 1.82) is 5.26 Å². The van der Waals surface area contributed by atoms with E-state index in [9.17, 15) is 26.3 Å². The van der Waals surface area contributed by atoms with Gasteiger partial charge in [0, 0.05) is 16.5 Å².